The van der Waals surface area contributed by atoms with Gasteiger partial charge in [0.15, 0.2) is 5.82 Å². The number of nitrogens with zero attached hydrogens (tertiary/aromatic N) is 6. The number of rotatable bonds is 5. The summed E-state index contributed by atoms with van der Waals surface area (Å²) < 4.78 is 17.5. The Morgan fingerprint density at radius 1 is 1.30 bits per heavy atom. The molecule has 3 rings (SSSR count). The molecule has 7 nitrogen and oxygen atoms in total. The van der Waals surface area contributed by atoms with Crippen LogP contribution in [0.3, 0.4) is 0 Å². The summed E-state index contributed by atoms with van der Waals surface area (Å²) in [6.07, 6.45) is 1.63. The van der Waals surface area contributed by atoms with Crippen LogP contribution in [0.4, 0.5) is 4.39 Å². The van der Waals surface area contributed by atoms with Crippen LogP contribution < -0.4 is 0 Å². The van der Waals surface area contributed by atoms with Crippen molar-refractivity contribution < 1.29 is 9.18 Å². The van der Waals surface area contributed by atoms with Gasteiger partial charge in [-0.2, -0.15) is 5.10 Å². The minimum atomic E-state index is -0.517. The summed E-state index contributed by atoms with van der Waals surface area (Å²) in [6.45, 7) is 4.27. The minimum absolute atomic E-state index is 0.174. The van der Waals surface area contributed by atoms with Gasteiger partial charge >= 0.3 is 0 Å². The maximum absolute atomic E-state index is 14.1. The largest absolute Gasteiger partial charge is 0.334 e. The first-order valence-corrected chi connectivity index (χ1v) is 8.78. The van der Waals surface area contributed by atoms with E-state index in [2.05, 4.69) is 15.3 Å². The number of hydrogen-bond donors (Lipinski definition) is 0. The lowest BCUT2D eigenvalue weighted by Gasteiger charge is -2.19. The van der Waals surface area contributed by atoms with E-state index in [-0.39, 0.29) is 24.1 Å². The SMILES string of the molecule is CC(C)n1cnnc1CN(C)C(=O)c1cc(F)cc(-c2cc(Cl)n(C)n2)c1. The van der Waals surface area contributed by atoms with Crippen LogP contribution in [0.1, 0.15) is 36.1 Å². The van der Waals surface area contributed by atoms with Gasteiger partial charge in [-0.15, -0.1) is 10.2 Å². The number of carbonyl (C=O) groups is 1. The van der Waals surface area contributed by atoms with Crippen LogP contribution in [0.5, 0.6) is 0 Å². The topological polar surface area (TPSA) is 68.8 Å². The maximum atomic E-state index is 14.1. The molecule has 1 amide bonds. The second-order valence-corrected chi connectivity index (χ2v) is 7.00. The molecule has 0 unspecified atom stereocenters. The minimum Gasteiger partial charge on any atom is -0.334 e. The fourth-order valence-electron chi connectivity index (χ4n) is 2.76. The molecule has 2 heterocycles. The van der Waals surface area contributed by atoms with Crippen molar-refractivity contribution >= 4 is 17.5 Å². The molecule has 0 saturated carbocycles. The van der Waals surface area contributed by atoms with E-state index in [0.29, 0.717) is 22.2 Å². The lowest BCUT2D eigenvalue weighted by molar-refractivity contribution is 0.0779. The van der Waals surface area contributed by atoms with Crippen LogP contribution in [-0.4, -0.2) is 42.4 Å². The molecule has 27 heavy (non-hydrogen) atoms. The molecule has 0 saturated heterocycles. The Hall–Kier alpha value is -2.74. The number of aryl methyl sites for hydroxylation is 1. The molecule has 3 aromatic rings. The molecule has 0 radical (unpaired) electrons. The van der Waals surface area contributed by atoms with E-state index in [0.717, 1.165) is 0 Å². The predicted molar refractivity (Wildman–Crippen MR) is 99.8 cm³/mol. The number of carbonyl (C=O) groups excluding carboxylic acids is 1. The summed E-state index contributed by atoms with van der Waals surface area (Å²) in [5.41, 5.74) is 1.21. The van der Waals surface area contributed by atoms with E-state index < -0.39 is 5.82 Å². The molecular weight excluding hydrogens is 371 g/mol. The van der Waals surface area contributed by atoms with Gasteiger partial charge in [-0.05, 0) is 32.0 Å². The summed E-state index contributed by atoms with van der Waals surface area (Å²) in [4.78, 5) is 14.3. The van der Waals surface area contributed by atoms with Gasteiger partial charge in [0.1, 0.15) is 17.3 Å². The van der Waals surface area contributed by atoms with E-state index in [1.165, 1.54) is 21.7 Å². The van der Waals surface area contributed by atoms with Crippen LogP contribution in [0.25, 0.3) is 11.3 Å². The van der Waals surface area contributed by atoms with E-state index in [1.807, 2.05) is 18.4 Å². The highest BCUT2D eigenvalue weighted by molar-refractivity contribution is 6.29. The molecule has 0 spiro atoms. The molecule has 2 aromatic heterocycles. The van der Waals surface area contributed by atoms with Crippen molar-refractivity contribution in [1.82, 2.24) is 29.4 Å². The Labute approximate surface area is 161 Å². The lowest BCUT2D eigenvalue weighted by Crippen LogP contribution is -2.28. The molecule has 142 valence electrons. The van der Waals surface area contributed by atoms with Crippen LogP contribution >= 0.6 is 11.6 Å². The van der Waals surface area contributed by atoms with Crippen molar-refractivity contribution in [1.29, 1.82) is 0 Å². The fourth-order valence-corrected chi connectivity index (χ4v) is 2.90. The smallest absolute Gasteiger partial charge is 0.254 e. The highest BCUT2D eigenvalue weighted by Gasteiger charge is 2.18. The molecule has 0 N–H and O–H groups in total. The number of benzene rings is 1. The Balaban J connectivity index is 1.86. The molecule has 0 fully saturated rings. The van der Waals surface area contributed by atoms with Gasteiger partial charge in [0.25, 0.3) is 5.91 Å². The summed E-state index contributed by atoms with van der Waals surface area (Å²) in [5.74, 6) is -0.179. The van der Waals surface area contributed by atoms with Crippen molar-refractivity contribution in [3.8, 4) is 11.3 Å². The van der Waals surface area contributed by atoms with Gasteiger partial charge in [0.05, 0.1) is 12.2 Å². The summed E-state index contributed by atoms with van der Waals surface area (Å²) >= 11 is 6.01. The normalized spacial score (nSPS) is 11.2. The molecule has 1 aromatic carbocycles. The third-order valence-corrected chi connectivity index (χ3v) is 4.55. The highest BCUT2D eigenvalue weighted by atomic mass is 35.5. The molecule has 0 atom stereocenters. The van der Waals surface area contributed by atoms with Gasteiger partial charge < -0.3 is 9.47 Å². The molecule has 0 aliphatic rings. The number of aromatic nitrogens is 5. The monoisotopic (exact) mass is 390 g/mol. The maximum Gasteiger partial charge on any atom is 0.254 e. The van der Waals surface area contributed by atoms with Crippen molar-refractivity contribution in [2.75, 3.05) is 7.05 Å². The van der Waals surface area contributed by atoms with Crippen LogP contribution in [0, 0.1) is 5.82 Å². The van der Waals surface area contributed by atoms with Gasteiger partial charge in [0, 0.05) is 37.3 Å². The quantitative estimate of drug-likeness (QED) is 0.670. The molecule has 9 heteroatoms. The number of halogens is 2. The van der Waals surface area contributed by atoms with Crippen LogP contribution in [0.15, 0.2) is 30.6 Å². The zero-order valence-corrected chi connectivity index (χ0v) is 16.3. The first-order valence-electron chi connectivity index (χ1n) is 8.40. The average Bonchev–Trinajstić information content (AvgIpc) is 3.20. The summed E-state index contributed by atoms with van der Waals surface area (Å²) in [5, 5.41) is 12.6. The Kier molecular flexibility index (Phi) is 5.27. The highest BCUT2D eigenvalue weighted by Crippen LogP contribution is 2.24. The Morgan fingerprint density at radius 3 is 2.67 bits per heavy atom. The molecule has 0 aliphatic heterocycles. The second-order valence-electron chi connectivity index (χ2n) is 6.61. The van der Waals surface area contributed by atoms with Crippen LogP contribution in [-0.2, 0) is 13.6 Å². The third-order valence-electron chi connectivity index (χ3n) is 4.19. The van der Waals surface area contributed by atoms with Gasteiger partial charge in [-0.1, -0.05) is 11.6 Å². The van der Waals surface area contributed by atoms with Crippen molar-refractivity contribution in [2.45, 2.75) is 26.4 Å². The van der Waals surface area contributed by atoms with Gasteiger partial charge in [-0.25, -0.2) is 4.39 Å². The molecular formula is C18H20ClFN6O. The van der Waals surface area contributed by atoms with Crippen molar-refractivity contribution in [2.24, 2.45) is 7.05 Å². The standard InChI is InChI=1S/C18H20ClFN6O/c1-11(2)26-10-21-22-17(26)9-24(3)18(27)13-5-12(6-14(20)7-13)15-8-16(19)25(4)23-15/h5-8,10-11H,9H2,1-4H3. The lowest BCUT2D eigenvalue weighted by atomic mass is 10.1. The third kappa shape index (κ3) is 4.00. The van der Waals surface area contributed by atoms with E-state index in [1.54, 1.807) is 32.6 Å². The van der Waals surface area contributed by atoms with E-state index in [9.17, 15) is 9.18 Å². The Bertz CT molecular complexity index is 961. The average molecular weight is 391 g/mol. The van der Waals surface area contributed by atoms with Crippen LogP contribution in [0.2, 0.25) is 5.15 Å². The zero-order valence-electron chi connectivity index (χ0n) is 15.5. The van der Waals surface area contributed by atoms with Gasteiger partial charge in [0.2, 0.25) is 0 Å². The summed E-state index contributed by atoms with van der Waals surface area (Å²) in [7, 11) is 3.33. The number of amides is 1. The predicted octanol–water partition coefficient (Wildman–Crippen LogP) is 3.32. The summed E-state index contributed by atoms with van der Waals surface area (Å²) in [6, 6.07) is 5.94. The zero-order chi connectivity index (χ0) is 19.7. The Morgan fingerprint density at radius 2 is 2.04 bits per heavy atom. The van der Waals surface area contributed by atoms with Crippen molar-refractivity contribution in [3.63, 3.8) is 0 Å². The first kappa shape index (κ1) is 19.0. The number of hydrogen-bond acceptors (Lipinski definition) is 4. The first-order chi connectivity index (χ1) is 12.8. The fraction of sp³-hybridized carbons (Fsp3) is 0.333. The van der Waals surface area contributed by atoms with E-state index >= 15 is 0 Å². The van der Waals surface area contributed by atoms with Gasteiger partial charge in [-0.3, -0.25) is 9.48 Å². The van der Waals surface area contributed by atoms with Crippen molar-refractivity contribution in [3.05, 3.63) is 53.0 Å². The van der Waals surface area contributed by atoms with E-state index in [4.69, 9.17) is 11.6 Å². The molecule has 0 aliphatic carbocycles. The molecule has 0 bridgehead atoms. The second kappa shape index (κ2) is 7.48.